The number of nitrogens with one attached hydrogen (secondary N) is 1. The van der Waals surface area contributed by atoms with Crippen molar-refractivity contribution >= 4 is 34.7 Å². The molecule has 0 aliphatic carbocycles. The highest BCUT2D eigenvalue weighted by molar-refractivity contribution is 6.10. The van der Waals surface area contributed by atoms with Crippen molar-refractivity contribution in [2.45, 2.75) is 19.3 Å². The summed E-state index contributed by atoms with van der Waals surface area (Å²) in [5.41, 5.74) is 3.53. The predicted octanol–water partition coefficient (Wildman–Crippen LogP) is 7.07. The topological polar surface area (TPSA) is 86.7 Å². The molecular formula is C33H26F2N2O4. The van der Waals surface area contributed by atoms with E-state index in [1.165, 1.54) is 35.2 Å². The van der Waals surface area contributed by atoms with E-state index < -0.39 is 29.8 Å². The van der Waals surface area contributed by atoms with Gasteiger partial charge in [-0.3, -0.25) is 9.59 Å². The maximum atomic E-state index is 15.0. The number of amides is 2. The number of halogens is 2. The molecule has 206 valence electrons. The van der Waals surface area contributed by atoms with Crippen molar-refractivity contribution in [1.29, 1.82) is 0 Å². The molecule has 4 aromatic carbocycles. The van der Waals surface area contributed by atoms with E-state index in [1.54, 1.807) is 30.3 Å². The lowest BCUT2D eigenvalue weighted by Gasteiger charge is -2.23. The Labute approximate surface area is 235 Å². The van der Waals surface area contributed by atoms with Gasteiger partial charge in [-0.15, -0.1) is 0 Å². The Hall–Kier alpha value is -5.11. The van der Waals surface area contributed by atoms with Crippen LogP contribution in [0.15, 0.2) is 103 Å². The van der Waals surface area contributed by atoms with Gasteiger partial charge in [0.15, 0.2) is 0 Å². The number of nitrogens with zero attached hydrogens (tertiary/aromatic N) is 1. The van der Waals surface area contributed by atoms with Gasteiger partial charge < -0.3 is 15.3 Å². The van der Waals surface area contributed by atoms with Crippen LogP contribution in [0.3, 0.4) is 0 Å². The van der Waals surface area contributed by atoms with Crippen LogP contribution in [0.1, 0.15) is 38.3 Å². The minimum Gasteiger partial charge on any atom is -0.478 e. The average Bonchev–Trinajstić information content (AvgIpc) is 3.07. The number of hydrogen-bond donors (Lipinski definition) is 2. The number of anilines is 2. The number of aryl methyl sites for hydroxylation is 1. The maximum absolute atomic E-state index is 15.0. The highest BCUT2D eigenvalue weighted by atomic mass is 19.3. The van der Waals surface area contributed by atoms with E-state index in [1.807, 2.05) is 43.3 Å². The summed E-state index contributed by atoms with van der Waals surface area (Å²) in [6.45, 7) is 1.68. The zero-order valence-electron chi connectivity index (χ0n) is 22.1. The lowest BCUT2D eigenvalue weighted by molar-refractivity contribution is -0.131. The Balaban J connectivity index is 1.38. The lowest BCUT2D eigenvalue weighted by atomic mass is 9.97. The quantitative estimate of drug-likeness (QED) is 0.259. The molecule has 2 N–H and O–H groups in total. The first-order chi connectivity index (χ1) is 19.6. The molecule has 5 rings (SSSR count). The molecule has 0 aromatic heterocycles. The first kappa shape index (κ1) is 27.5. The van der Waals surface area contributed by atoms with Gasteiger partial charge in [0.1, 0.15) is 0 Å². The number of alkyl halides is 2. The fourth-order valence-corrected chi connectivity index (χ4v) is 4.88. The molecule has 2 amide bonds. The third-order valence-electron chi connectivity index (χ3n) is 6.97. The van der Waals surface area contributed by atoms with Crippen LogP contribution in [-0.4, -0.2) is 35.4 Å². The summed E-state index contributed by atoms with van der Waals surface area (Å²) in [4.78, 5) is 39.2. The SMILES string of the molecule is Cc1ccc(-c2ccccc2C(=O)Nc2ccc(C(=O)N3CCC(F)(F)C(=CC(=O)O)c4ccccc43)cc2)cc1. The summed E-state index contributed by atoms with van der Waals surface area (Å²) in [5, 5.41) is 12.1. The van der Waals surface area contributed by atoms with E-state index in [0.717, 1.165) is 16.7 Å². The van der Waals surface area contributed by atoms with Gasteiger partial charge in [-0.2, -0.15) is 0 Å². The molecule has 0 saturated carbocycles. The number of fused-ring (bicyclic) bond motifs is 1. The number of carbonyl (C=O) groups excluding carboxylic acids is 2. The van der Waals surface area contributed by atoms with Crippen LogP contribution in [0, 0.1) is 6.92 Å². The van der Waals surface area contributed by atoms with Gasteiger partial charge in [0, 0.05) is 47.0 Å². The van der Waals surface area contributed by atoms with Crippen LogP contribution >= 0.6 is 0 Å². The second kappa shape index (κ2) is 11.2. The Morgan fingerprint density at radius 2 is 1.49 bits per heavy atom. The van der Waals surface area contributed by atoms with Crippen LogP contribution in [0.4, 0.5) is 20.2 Å². The number of carboxylic acids is 1. The molecule has 1 aliphatic heterocycles. The Morgan fingerprint density at radius 1 is 0.854 bits per heavy atom. The van der Waals surface area contributed by atoms with Crippen molar-refractivity contribution in [3.05, 3.63) is 125 Å². The number of aliphatic carboxylic acids is 1. The number of para-hydroxylation sites is 1. The highest BCUT2D eigenvalue weighted by Crippen LogP contribution is 2.43. The second-order valence-electron chi connectivity index (χ2n) is 9.77. The minimum absolute atomic E-state index is 0.0122. The van der Waals surface area contributed by atoms with Crippen molar-refractivity contribution in [3.8, 4) is 11.1 Å². The van der Waals surface area contributed by atoms with Gasteiger partial charge in [0.25, 0.3) is 17.7 Å². The van der Waals surface area contributed by atoms with E-state index in [0.29, 0.717) is 17.3 Å². The minimum atomic E-state index is -3.44. The van der Waals surface area contributed by atoms with Crippen LogP contribution < -0.4 is 10.2 Å². The van der Waals surface area contributed by atoms with Crippen LogP contribution in [0.5, 0.6) is 0 Å². The molecular weight excluding hydrogens is 526 g/mol. The van der Waals surface area contributed by atoms with Crippen molar-refractivity contribution in [1.82, 2.24) is 0 Å². The van der Waals surface area contributed by atoms with E-state index in [-0.39, 0.29) is 29.3 Å². The number of carbonyl (C=O) groups is 3. The van der Waals surface area contributed by atoms with Gasteiger partial charge in [-0.05, 0) is 54.4 Å². The monoisotopic (exact) mass is 552 g/mol. The van der Waals surface area contributed by atoms with Crippen LogP contribution in [-0.2, 0) is 4.79 Å². The standard InChI is InChI=1S/C33H26F2N2O4/c1-21-10-12-22(13-11-21)25-6-2-3-7-26(25)31(40)36-24-16-14-23(15-17-24)32(41)37-19-18-33(34,35)28(20-30(38)39)27-8-4-5-9-29(27)37/h2-17,20H,18-19H2,1H3,(H,36,40)(H,38,39). The third kappa shape index (κ3) is 5.77. The molecule has 0 radical (unpaired) electrons. The summed E-state index contributed by atoms with van der Waals surface area (Å²) in [6, 6.07) is 27.4. The number of benzene rings is 4. The van der Waals surface area contributed by atoms with E-state index in [2.05, 4.69) is 5.32 Å². The van der Waals surface area contributed by atoms with Crippen molar-refractivity contribution in [2.24, 2.45) is 0 Å². The van der Waals surface area contributed by atoms with Gasteiger partial charge in [-0.1, -0.05) is 66.2 Å². The van der Waals surface area contributed by atoms with Gasteiger partial charge in [0.2, 0.25) is 0 Å². The maximum Gasteiger partial charge on any atom is 0.328 e. The third-order valence-corrected chi connectivity index (χ3v) is 6.97. The number of hydrogen-bond acceptors (Lipinski definition) is 3. The smallest absolute Gasteiger partial charge is 0.328 e. The molecule has 41 heavy (non-hydrogen) atoms. The number of rotatable bonds is 5. The molecule has 0 bridgehead atoms. The Morgan fingerprint density at radius 3 is 2.17 bits per heavy atom. The predicted molar refractivity (Wildman–Crippen MR) is 154 cm³/mol. The first-order valence-corrected chi connectivity index (χ1v) is 13.0. The van der Waals surface area contributed by atoms with E-state index >= 15 is 0 Å². The van der Waals surface area contributed by atoms with Crippen molar-refractivity contribution in [3.63, 3.8) is 0 Å². The second-order valence-corrected chi connectivity index (χ2v) is 9.77. The van der Waals surface area contributed by atoms with Gasteiger partial charge in [-0.25, -0.2) is 13.6 Å². The molecule has 8 heteroatoms. The average molecular weight is 553 g/mol. The summed E-state index contributed by atoms with van der Waals surface area (Å²) in [7, 11) is 0. The molecule has 0 saturated heterocycles. The summed E-state index contributed by atoms with van der Waals surface area (Å²) in [6.07, 6.45) is -0.234. The molecule has 0 spiro atoms. The zero-order valence-corrected chi connectivity index (χ0v) is 22.1. The van der Waals surface area contributed by atoms with E-state index in [4.69, 9.17) is 0 Å². The van der Waals surface area contributed by atoms with Gasteiger partial charge >= 0.3 is 5.97 Å². The van der Waals surface area contributed by atoms with Crippen LogP contribution in [0.25, 0.3) is 16.7 Å². The highest BCUT2D eigenvalue weighted by Gasteiger charge is 2.41. The summed E-state index contributed by atoms with van der Waals surface area (Å²) >= 11 is 0. The molecule has 0 fully saturated rings. The molecule has 0 unspecified atom stereocenters. The molecule has 1 heterocycles. The van der Waals surface area contributed by atoms with Crippen molar-refractivity contribution < 1.29 is 28.3 Å². The Bertz CT molecular complexity index is 1660. The summed E-state index contributed by atoms with van der Waals surface area (Å²) in [5.74, 6) is -5.77. The largest absolute Gasteiger partial charge is 0.478 e. The van der Waals surface area contributed by atoms with Crippen molar-refractivity contribution in [2.75, 3.05) is 16.8 Å². The molecule has 0 atom stereocenters. The normalized spacial score (nSPS) is 15.1. The number of carboxylic acid groups (broad SMARTS) is 1. The molecule has 4 aromatic rings. The molecule has 1 aliphatic rings. The molecule has 6 nitrogen and oxygen atoms in total. The fraction of sp³-hybridized carbons (Fsp3) is 0.121. The zero-order chi connectivity index (χ0) is 29.1. The van der Waals surface area contributed by atoms with Crippen LogP contribution in [0.2, 0.25) is 0 Å². The summed E-state index contributed by atoms with van der Waals surface area (Å²) < 4.78 is 29.9. The van der Waals surface area contributed by atoms with E-state index in [9.17, 15) is 28.3 Å². The Kier molecular flexibility index (Phi) is 7.48. The first-order valence-electron chi connectivity index (χ1n) is 13.0. The fourth-order valence-electron chi connectivity index (χ4n) is 4.88. The van der Waals surface area contributed by atoms with Gasteiger partial charge in [0.05, 0.1) is 5.69 Å². The lowest BCUT2D eigenvalue weighted by Crippen LogP contribution is -2.33. The number of allylic oxidation sites excluding steroid dienone is 1.